The van der Waals surface area contributed by atoms with Crippen molar-refractivity contribution in [3.8, 4) is 0 Å². The number of thioether (sulfide) groups is 1. The van der Waals surface area contributed by atoms with Crippen molar-refractivity contribution in [2.24, 2.45) is 0 Å². The molecule has 2 saturated heterocycles. The van der Waals surface area contributed by atoms with E-state index < -0.39 is 5.97 Å². The van der Waals surface area contributed by atoms with Gasteiger partial charge in [0, 0.05) is 11.0 Å². The number of hydrogen-bond acceptors (Lipinski definition) is 5. The molecule has 0 aromatic heterocycles. The van der Waals surface area contributed by atoms with Crippen molar-refractivity contribution in [1.82, 2.24) is 4.90 Å². The molecular weight excluding hydrogens is 246 g/mol. The van der Waals surface area contributed by atoms with E-state index in [4.69, 9.17) is 14.6 Å². The molecule has 17 heavy (non-hydrogen) atoms. The molecule has 6 nitrogen and oxygen atoms in total. The van der Waals surface area contributed by atoms with Crippen molar-refractivity contribution in [1.29, 1.82) is 0 Å². The molecule has 90 valence electrons. The van der Waals surface area contributed by atoms with Gasteiger partial charge < -0.3 is 14.6 Å². The molecule has 0 aliphatic carbocycles. The van der Waals surface area contributed by atoms with Crippen molar-refractivity contribution < 1.29 is 24.2 Å². The summed E-state index contributed by atoms with van der Waals surface area (Å²) in [7, 11) is 0. The highest BCUT2D eigenvalue weighted by Crippen LogP contribution is 2.44. The number of amides is 1. The normalized spacial score (nSPS) is 33.6. The van der Waals surface area contributed by atoms with Crippen molar-refractivity contribution in [3.63, 3.8) is 0 Å². The lowest BCUT2D eigenvalue weighted by Gasteiger charge is -2.37. The van der Waals surface area contributed by atoms with E-state index in [1.54, 1.807) is 6.08 Å². The average Bonchev–Trinajstić information content (AvgIpc) is 2.93. The van der Waals surface area contributed by atoms with Crippen LogP contribution in [0.15, 0.2) is 22.8 Å². The first kappa shape index (κ1) is 10.8. The summed E-state index contributed by atoms with van der Waals surface area (Å²) >= 11 is 1.32. The number of fused-ring (bicyclic) bond motifs is 1. The Morgan fingerprint density at radius 2 is 2.47 bits per heavy atom. The number of nitrogens with zero attached hydrogens (tertiary/aromatic N) is 1. The number of carboxylic acid groups (broad SMARTS) is 1. The van der Waals surface area contributed by atoms with E-state index in [1.807, 2.05) is 0 Å². The predicted molar refractivity (Wildman–Crippen MR) is 57.7 cm³/mol. The Labute approximate surface area is 101 Å². The maximum Gasteiger partial charge on any atom is 0.353 e. The van der Waals surface area contributed by atoms with E-state index in [0.29, 0.717) is 12.2 Å². The van der Waals surface area contributed by atoms with Gasteiger partial charge in [0.25, 0.3) is 5.91 Å². The van der Waals surface area contributed by atoms with Gasteiger partial charge in [-0.15, -0.1) is 11.8 Å². The zero-order chi connectivity index (χ0) is 12.0. The molecule has 7 heteroatoms. The van der Waals surface area contributed by atoms with Gasteiger partial charge in [-0.2, -0.15) is 0 Å². The lowest BCUT2D eigenvalue weighted by molar-refractivity contribution is -0.141. The number of β-lactam (4-membered cyclic amide) rings is 1. The van der Waals surface area contributed by atoms with Crippen LogP contribution in [-0.4, -0.2) is 46.8 Å². The second-order valence-corrected chi connectivity index (χ2v) is 4.74. The summed E-state index contributed by atoms with van der Waals surface area (Å²) in [5.41, 5.74) is 0.642. The molecule has 0 aromatic carbocycles. The Kier molecular flexibility index (Phi) is 2.46. The molecule has 0 bridgehead atoms. The topological polar surface area (TPSA) is 76.1 Å². The van der Waals surface area contributed by atoms with Crippen LogP contribution in [0.2, 0.25) is 0 Å². The minimum atomic E-state index is -1.08. The fraction of sp³-hybridized carbons (Fsp3) is 0.400. The van der Waals surface area contributed by atoms with E-state index in [-0.39, 0.29) is 29.9 Å². The molecule has 1 amide bonds. The summed E-state index contributed by atoms with van der Waals surface area (Å²) in [4.78, 5) is 23.9. The Bertz CT molecular complexity index is 452. The number of carboxylic acids is 1. The van der Waals surface area contributed by atoms with Crippen LogP contribution in [0, 0.1) is 0 Å². The third-order valence-electron chi connectivity index (χ3n) is 2.77. The van der Waals surface area contributed by atoms with Crippen LogP contribution in [0.1, 0.15) is 0 Å². The molecular formula is C10H9NO5S. The van der Waals surface area contributed by atoms with Gasteiger partial charge in [0.15, 0.2) is 0 Å². The standard InChI is InChI=1S/C10H9NO5S/c12-8-6(1-5-2-15-4-16-5)9-11(8)7(3-17-9)10(13)14/h1,3,5,9H,2,4H2,(H,13,14)/b6-1-/t5?,9-/m1/s1. The van der Waals surface area contributed by atoms with E-state index in [1.165, 1.54) is 22.1 Å². The Balaban J connectivity index is 1.77. The van der Waals surface area contributed by atoms with E-state index >= 15 is 0 Å². The number of rotatable bonds is 2. The molecule has 0 spiro atoms. The van der Waals surface area contributed by atoms with Gasteiger partial charge in [-0.3, -0.25) is 9.69 Å². The second kappa shape index (κ2) is 3.86. The van der Waals surface area contributed by atoms with Crippen molar-refractivity contribution in [3.05, 3.63) is 22.8 Å². The summed E-state index contributed by atoms with van der Waals surface area (Å²) in [6.07, 6.45) is 1.52. The highest BCUT2D eigenvalue weighted by molar-refractivity contribution is 8.03. The molecule has 2 fully saturated rings. The Morgan fingerprint density at radius 3 is 3.12 bits per heavy atom. The number of aliphatic carboxylic acids is 1. The van der Waals surface area contributed by atoms with Crippen LogP contribution in [0.5, 0.6) is 0 Å². The van der Waals surface area contributed by atoms with Crippen LogP contribution < -0.4 is 0 Å². The van der Waals surface area contributed by atoms with E-state index in [2.05, 4.69) is 0 Å². The van der Waals surface area contributed by atoms with Crippen molar-refractivity contribution in [2.45, 2.75) is 11.5 Å². The third-order valence-corrected chi connectivity index (χ3v) is 3.85. The van der Waals surface area contributed by atoms with Gasteiger partial charge >= 0.3 is 5.97 Å². The minimum Gasteiger partial charge on any atom is -0.477 e. The molecule has 1 unspecified atom stereocenters. The van der Waals surface area contributed by atoms with Gasteiger partial charge in [-0.05, 0) is 6.08 Å². The lowest BCUT2D eigenvalue weighted by atomic mass is 10.0. The van der Waals surface area contributed by atoms with E-state index in [9.17, 15) is 9.59 Å². The lowest BCUT2D eigenvalue weighted by Crippen LogP contribution is -2.51. The molecule has 3 aliphatic rings. The number of ether oxygens (including phenoxy) is 2. The summed E-state index contributed by atoms with van der Waals surface area (Å²) in [6.45, 7) is 0.677. The molecule has 0 saturated carbocycles. The molecule has 0 aromatic rings. The smallest absolute Gasteiger partial charge is 0.353 e. The molecule has 3 rings (SSSR count). The van der Waals surface area contributed by atoms with E-state index in [0.717, 1.165) is 0 Å². The molecule has 2 atom stereocenters. The fourth-order valence-electron chi connectivity index (χ4n) is 1.93. The zero-order valence-electron chi connectivity index (χ0n) is 8.66. The van der Waals surface area contributed by atoms with Gasteiger partial charge in [0.1, 0.15) is 24.0 Å². The van der Waals surface area contributed by atoms with Crippen LogP contribution in [0.25, 0.3) is 0 Å². The van der Waals surface area contributed by atoms with Crippen LogP contribution in [0.4, 0.5) is 0 Å². The maximum absolute atomic E-state index is 11.8. The third kappa shape index (κ3) is 1.58. The molecule has 0 radical (unpaired) electrons. The largest absolute Gasteiger partial charge is 0.477 e. The van der Waals surface area contributed by atoms with Gasteiger partial charge in [0.05, 0.1) is 6.61 Å². The first-order valence-electron chi connectivity index (χ1n) is 5.02. The average molecular weight is 255 g/mol. The SMILES string of the molecule is O=C(O)C1=CS[C@@H]2/C(=C\C3COCO3)C(=O)N12. The first-order valence-corrected chi connectivity index (χ1v) is 5.96. The number of carbonyl (C=O) groups is 2. The zero-order valence-corrected chi connectivity index (χ0v) is 9.48. The van der Waals surface area contributed by atoms with Crippen molar-refractivity contribution >= 4 is 23.6 Å². The molecule has 3 aliphatic heterocycles. The van der Waals surface area contributed by atoms with Crippen molar-refractivity contribution in [2.75, 3.05) is 13.4 Å². The highest BCUT2D eigenvalue weighted by Gasteiger charge is 2.49. The molecule has 1 N–H and O–H groups in total. The summed E-state index contributed by atoms with van der Waals surface area (Å²) < 4.78 is 10.2. The highest BCUT2D eigenvalue weighted by atomic mass is 32.2. The minimum absolute atomic E-state index is 0.0470. The monoisotopic (exact) mass is 255 g/mol. The van der Waals surface area contributed by atoms with Gasteiger partial charge in [-0.25, -0.2) is 4.79 Å². The number of carbonyl (C=O) groups excluding carboxylic acids is 1. The summed E-state index contributed by atoms with van der Waals surface area (Å²) in [5.74, 6) is -1.34. The van der Waals surface area contributed by atoms with Crippen LogP contribution in [-0.2, 0) is 19.1 Å². The number of hydrogen-bond donors (Lipinski definition) is 1. The molecule has 3 heterocycles. The van der Waals surface area contributed by atoms with Gasteiger partial charge in [0.2, 0.25) is 0 Å². The maximum atomic E-state index is 11.8. The van der Waals surface area contributed by atoms with Gasteiger partial charge in [-0.1, -0.05) is 0 Å². The Morgan fingerprint density at radius 1 is 1.65 bits per heavy atom. The quantitative estimate of drug-likeness (QED) is 0.558. The summed E-state index contributed by atoms with van der Waals surface area (Å²) in [5, 5.41) is 10.2. The second-order valence-electron chi connectivity index (χ2n) is 3.79. The van der Waals surface area contributed by atoms with Crippen LogP contribution in [0.3, 0.4) is 0 Å². The summed E-state index contributed by atoms with van der Waals surface area (Å²) in [6, 6.07) is 0. The van der Waals surface area contributed by atoms with Crippen LogP contribution >= 0.6 is 11.8 Å². The first-order chi connectivity index (χ1) is 8.18. The predicted octanol–water partition coefficient (Wildman–Crippen LogP) is 0.127. The fourth-order valence-corrected chi connectivity index (χ4v) is 3.06. The Hall–Kier alpha value is -1.31.